The third-order valence-corrected chi connectivity index (χ3v) is 3.43. The molecule has 0 aromatic carbocycles. The molecule has 1 aliphatic rings. The van der Waals surface area contributed by atoms with Crippen LogP contribution in [0.1, 0.15) is 37.2 Å². The second-order valence-electron chi connectivity index (χ2n) is 5.08. The van der Waals surface area contributed by atoms with Crippen molar-refractivity contribution in [1.82, 2.24) is 19.9 Å². The van der Waals surface area contributed by atoms with Crippen molar-refractivity contribution in [3.05, 3.63) is 42.2 Å². The lowest BCUT2D eigenvalue weighted by Crippen LogP contribution is -2.12. The van der Waals surface area contributed by atoms with Gasteiger partial charge in [-0.15, -0.1) is 0 Å². The van der Waals surface area contributed by atoms with E-state index in [1.54, 1.807) is 6.20 Å². The van der Waals surface area contributed by atoms with Gasteiger partial charge in [0.15, 0.2) is 0 Å². The van der Waals surface area contributed by atoms with Crippen molar-refractivity contribution in [2.75, 3.05) is 6.54 Å². The summed E-state index contributed by atoms with van der Waals surface area (Å²) in [7, 11) is 0. The quantitative estimate of drug-likeness (QED) is 0.840. The minimum atomic E-state index is 0.546. The van der Waals surface area contributed by atoms with Crippen LogP contribution in [0.4, 0.5) is 0 Å². The van der Waals surface area contributed by atoms with Crippen molar-refractivity contribution >= 4 is 0 Å². The third-order valence-electron chi connectivity index (χ3n) is 3.43. The molecule has 5 heteroatoms. The molecule has 20 heavy (non-hydrogen) atoms. The van der Waals surface area contributed by atoms with Crippen LogP contribution in [-0.2, 0) is 13.2 Å². The first-order valence-corrected chi connectivity index (χ1v) is 7.16. The average molecular weight is 272 g/mol. The lowest BCUT2D eigenvalue weighted by molar-refractivity contribution is 0.293. The van der Waals surface area contributed by atoms with E-state index in [-0.39, 0.29) is 0 Å². The topological polar surface area (TPSA) is 52.0 Å². The highest BCUT2D eigenvalue weighted by Gasteiger charge is 2.25. The molecule has 0 atom stereocenters. The van der Waals surface area contributed by atoms with E-state index in [1.807, 2.05) is 24.7 Å². The zero-order chi connectivity index (χ0) is 13.8. The fraction of sp³-hybridized carbons (Fsp3) is 0.467. The molecule has 5 nitrogen and oxygen atoms in total. The molecule has 106 valence electrons. The standard InChI is InChI=1S/C15H20N4O/c1-2-16-7-12-3-6-15(9-18-12)20-10-14-8-17-11-19(14)13-4-5-13/h3,6,8-9,11,13,16H,2,4-5,7,10H2,1H3. The molecule has 2 aromatic rings. The van der Waals surface area contributed by atoms with Gasteiger partial charge < -0.3 is 14.6 Å². The third kappa shape index (κ3) is 3.17. The van der Waals surface area contributed by atoms with E-state index >= 15 is 0 Å². The second-order valence-corrected chi connectivity index (χ2v) is 5.08. The number of hydrogen-bond donors (Lipinski definition) is 1. The number of aromatic nitrogens is 3. The van der Waals surface area contributed by atoms with E-state index in [9.17, 15) is 0 Å². The summed E-state index contributed by atoms with van der Waals surface area (Å²) in [5.41, 5.74) is 2.16. The van der Waals surface area contributed by atoms with Gasteiger partial charge in [0.2, 0.25) is 0 Å². The monoisotopic (exact) mass is 272 g/mol. The zero-order valence-electron chi connectivity index (χ0n) is 11.7. The van der Waals surface area contributed by atoms with Crippen LogP contribution in [0.5, 0.6) is 5.75 Å². The molecule has 0 unspecified atom stereocenters. The van der Waals surface area contributed by atoms with E-state index in [4.69, 9.17) is 4.74 Å². The summed E-state index contributed by atoms with van der Waals surface area (Å²) in [6, 6.07) is 4.60. The van der Waals surface area contributed by atoms with Crippen molar-refractivity contribution in [2.24, 2.45) is 0 Å². The zero-order valence-corrected chi connectivity index (χ0v) is 11.7. The fourth-order valence-corrected chi connectivity index (χ4v) is 2.14. The summed E-state index contributed by atoms with van der Waals surface area (Å²) in [6.07, 6.45) is 8.07. The van der Waals surface area contributed by atoms with Crippen LogP contribution in [0.2, 0.25) is 0 Å². The Kier molecular flexibility index (Phi) is 3.97. The maximum absolute atomic E-state index is 5.78. The maximum atomic E-state index is 5.78. The second kappa shape index (κ2) is 6.05. The van der Waals surface area contributed by atoms with Gasteiger partial charge in [-0.2, -0.15) is 0 Å². The number of rotatable bonds is 7. The van der Waals surface area contributed by atoms with Gasteiger partial charge in [0.1, 0.15) is 12.4 Å². The molecule has 0 spiro atoms. The van der Waals surface area contributed by atoms with E-state index in [0.29, 0.717) is 12.6 Å². The fourth-order valence-electron chi connectivity index (χ4n) is 2.14. The molecule has 3 rings (SSSR count). The van der Waals surface area contributed by atoms with Crippen molar-refractivity contribution in [1.29, 1.82) is 0 Å². The highest BCUT2D eigenvalue weighted by Crippen LogP contribution is 2.35. The first kappa shape index (κ1) is 13.1. The lowest BCUT2D eigenvalue weighted by atomic mass is 10.3. The van der Waals surface area contributed by atoms with Crippen molar-refractivity contribution in [3.63, 3.8) is 0 Å². The minimum absolute atomic E-state index is 0.546. The first-order valence-electron chi connectivity index (χ1n) is 7.16. The van der Waals surface area contributed by atoms with E-state index in [1.165, 1.54) is 12.8 Å². The molecule has 0 saturated heterocycles. The molecule has 0 radical (unpaired) electrons. The van der Waals surface area contributed by atoms with Gasteiger partial charge in [-0.25, -0.2) is 4.98 Å². The van der Waals surface area contributed by atoms with Crippen LogP contribution in [-0.4, -0.2) is 21.1 Å². The molecule has 0 aliphatic heterocycles. The summed E-state index contributed by atoms with van der Waals surface area (Å²) < 4.78 is 8.00. The van der Waals surface area contributed by atoms with Crippen LogP contribution in [0, 0.1) is 0 Å². The Balaban J connectivity index is 1.56. The first-order chi connectivity index (χ1) is 9.86. The normalized spacial score (nSPS) is 14.4. The number of hydrogen-bond acceptors (Lipinski definition) is 4. The highest BCUT2D eigenvalue weighted by molar-refractivity contribution is 5.20. The summed E-state index contributed by atoms with van der Waals surface area (Å²) in [6.45, 7) is 4.38. The molecule has 0 bridgehead atoms. The Hall–Kier alpha value is -1.88. The van der Waals surface area contributed by atoms with Crippen LogP contribution in [0.3, 0.4) is 0 Å². The van der Waals surface area contributed by atoms with Crippen LogP contribution >= 0.6 is 0 Å². The van der Waals surface area contributed by atoms with Gasteiger partial charge in [-0.1, -0.05) is 6.92 Å². The summed E-state index contributed by atoms with van der Waals surface area (Å²) in [5, 5.41) is 3.25. The number of nitrogens with zero attached hydrogens (tertiary/aromatic N) is 3. The molecular weight excluding hydrogens is 252 g/mol. The summed E-state index contributed by atoms with van der Waals surface area (Å²) >= 11 is 0. The molecule has 2 heterocycles. The average Bonchev–Trinajstić information content (AvgIpc) is 3.23. The molecule has 1 N–H and O–H groups in total. The summed E-state index contributed by atoms with van der Waals surface area (Å²) in [5.74, 6) is 0.800. The maximum Gasteiger partial charge on any atom is 0.138 e. The largest absolute Gasteiger partial charge is 0.486 e. The van der Waals surface area contributed by atoms with E-state index < -0.39 is 0 Å². The van der Waals surface area contributed by atoms with Gasteiger partial charge >= 0.3 is 0 Å². The molecule has 1 aliphatic carbocycles. The minimum Gasteiger partial charge on any atom is -0.486 e. The summed E-state index contributed by atoms with van der Waals surface area (Å²) in [4.78, 5) is 8.58. The van der Waals surface area contributed by atoms with Crippen molar-refractivity contribution in [3.8, 4) is 5.75 Å². The van der Waals surface area contributed by atoms with Crippen molar-refractivity contribution < 1.29 is 4.74 Å². The Morgan fingerprint density at radius 3 is 2.95 bits per heavy atom. The van der Waals surface area contributed by atoms with Gasteiger partial charge in [0, 0.05) is 12.6 Å². The Morgan fingerprint density at radius 2 is 2.25 bits per heavy atom. The van der Waals surface area contributed by atoms with Gasteiger partial charge in [-0.05, 0) is 31.5 Å². The van der Waals surface area contributed by atoms with Gasteiger partial charge in [-0.3, -0.25) is 4.98 Å². The Bertz CT molecular complexity index is 545. The molecule has 1 saturated carbocycles. The predicted molar refractivity (Wildman–Crippen MR) is 76.4 cm³/mol. The van der Waals surface area contributed by atoms with Crippen LogP contribution < -0.4 is 10.1 Å². The van der Waals surface area contributed by atoms with Gasteiger partial charge in [0.25, 0.3) is 0 Å². The number of nitrogens with one attached hydrogen (secondary N) is 1. The van der Waals surface area contributed by atoms with Crippen LogP contribution in [0.25, 0.3) is 0 Å². The molecule has 1 fully saturated rings. The predicted octanol–water partition coefficient (Wildman–Crippen LogP) is 2.30. The smallest absolute Gasteiger partial charge is 0.138 e. The Morgan fingerprint density at radius 1 is 1.35 bits per heavy atom. The number of ether oxygens (including phenoxy) is 1. The molecule has 0 amide bonds. The lowest BCUT2D eigenvalue weighted by Gasteiger charge is -2.09. The van der Waals surface area contributed by atoms with Gasteiger partial charge in [0.05, 0.1) is 30.1 Å². The van der Waals surface area contributed by atoms with Crippen LogP contribution in [0.15, 0.2) is 30.9 Å². The van der Waals surface area contributed by atoms with E-state index in [2.05, 4.69) is 26.8 Å². The highest BCUT2D eigenvalue weighted by atomic mass is 16.5. The molecule has 2 aromatic heterocycles. The Labute approximate surface area is 119 Å². The van der Waals surface area contributed by atoms with E-state index in [0.717, 1.165) is 30.2 Å². The van der Waals surface area contributed by atoms with Crippen molar-refractivity contribution in [2.45, 2.75) is 39.0 Å². The number of imidazole rings is 1. The SMILES string of the molecule is CCNCc1ccc(OCc2cncn2C2CC2)cn1. The number of pyridine rings is 1. The molecular formula is C15H20N4O.